The number of aliphatic hydroxyl groups excluding tert-OH is 1. The minimum absolute atomic E-state index is 0.105. The number of carboxylic acid groups (broad SMARTS) is 1. The van der Waals surface area contributed by atoms with Crippen LogP contribution in [0.1, 0.15) is 24.4 Å². The molecule has 2 atom stereocenters. The molecule has 1 aromatic heterocycles. The molecule has 0 radical (unpaired) electrons. The van der Waals surface area contributed by atoms with E-state index in [1.807, 2.05) is 0 Å². The number of aryl methyl sites for hydroxylation is 1. The van der Waals surface area contributed by atoms with E-state index in [2.05, 4.69) is 10.4 Å². The van der Waals surface area contributed by atoms with Crippen LogP contribution in [-0.4, -0.2) is 56.6 Å². The Morgan fingerprint density at radius 2 is 2.33 bits per heavy atom. The average Bonchev–Trinajstić information content (AvgIpc) is 3.05. The van der Waals surface area contributed by atoms with Crippen LogP contribution in [0, 0.1) is 5.92 Å². The van der Waals surface area contributed by atoms with Crippen LogP contribution in [0.2, 0.25) is 0 Å². The average molecular weight is 296 g/mol. The number of carboxylic acids is 1. The third-order valence-electron chi connectivity index (χ3n) is 3.68. The minimum Gasteiger partial charge on any atom is -0.479 e. The molecule has 1 aliphatic rings. The van der Waals surface area contributed by atoms with Crippen molar-refractivity contribution in [3.05, 3.63) is 18.0 Å². The Labute approximate surface area is 122 Å². The monoisotopic (exact) mass is 296 g/mol. The summed E-state index contributed by atoms with van der Waals surface area (Å²) in [6.07, 6.45) is 4.49. The number of aliphatic hydroxyl groups is 1. The van der Waals surface area contributed by atoms with Crippen LogP contribution in [-0.2, 0) is 11.8 Å². The maximum absolute atomic E-state index is 12.2. The molecule has 8 heteroatoms. The minimum atomic E-state index is -1.12. The van der Waals surface area contributed by atoms with Gasteiger partial charge in [-0.05, 0) is 18.8 Å². The summed E-state index contributed by atoms with van der Waals surface area (Å²) in [5, 5.41) is 24.6. The van der Waals surface area contributed by atoms with Gasteiger partial charge in [-0.25, -0.2) is 9.59 Å². The lowest BCUT2D eigenvalue weighted by atomic mass is 10.1. The van der Waals surface area contributed by atoms with Crippen molar-refractivity contribution in [3.8, 4) is 0 Å². The summed E-state index contributed by atoms with van der Waals surface area (Å²) < 4.78 is 1.49. The Bertz CT molecular complexity index is 516. The van der Waals surface area contributed by atoms with Crippen LogP contribution in [0.4, 0.5) is 4.79 Å². The lowest BCUT2D eigenvalue weighted by Crippen LogP contribution is -2.42. The molecule has 0 aromatic carbocycles. The lowest BCUT2D eigenvalue weighted by molar-refractivity contribution is -0.139. The second kappa shape index (κ2) is 6.57. The van der Waals surface area contributed by atoms with Crippen molar-refractivity contribution in [3.63, 3.8) is 0 Å². The van der Waals surface area contributed by atoms with Crippen molar-refractivity contribution in [1.29, 1.82) is 0 Å². The van der Waals surface area contributed by atoms with Crippen molar-refractivity contribution in [2.24, 2.45) is 13.0 Å². The number of urea groups is 1. The second-order valence-electron chi connectivity index (χ2n) is 5.28. The quantitative estimate of drug-likeness (QED) is 0.706. The first-order chi connectivity index (χ1) is 10.0. The van der Waals surface area contributed by atoms with E-state index in [-0.39, 0.29) is 12.5 Å². The number of hydrogen-bond donors (Lipinski definition) is 3. The summed E-state index contributed by atoms with van der Waals surface area (Å²) >= 11 is 0. The summed E-state index contributed by atoms with van der Waals surface area (Å²) in [6, 6.07) is -1.50. The van der Waals surface area contributed by atoms with Gasteiger partial charge in [0.2, 0.25) is 0 Å². The molecule has 2 rings (SSSR count). The van der Waals surface area contributed by atoms with Crippen LogP contribution in [0.25, 0.3) is 0 Å². The highest BCUT2D eigenvalue weighted by Crippen LogP contribution is 2.20. The van der Waals surface area contributed by atoms with Gasteiger partial charge in [0.05, 0.1) is 6.20 Å². The number of carbonyl (C=O) groups is 2. The Hall–Kier alpha value is -2.09. The fourth-order valence-electron chi connectivity index (χ4n) is 2.53. The first-order valence-corrected chi connectivity index (χ1v) is 6.89. The molecule has 2 heterocycles. The van der Waals surface area contributed by atoms with Crippen LogP contribution < -0.4 is 5.32 Å². The van der Waals surface area contributed by atoms with E-state index >= 15 is 0 Å². The number of likely N-dealkylation sites (tertiary alicyclic amines) is 1. The number of hydrogen-bond acceptors (Lipinski definition) is 4. The molecule has 0 bridgehead atoms. The predicted octanol–water partition coefficient (Wildman–Crippen LogP) is -0.0403. The third-order valence-corrected chi connectivity index (χ3v) is 3.68. The number of amides is 2. The molecule has 0 aliphatic carbocycles. The van der Waals surface area contributed by atoms with Crippen LogP contribution in [0.3, 0.4) is 0 Å². The molecule has 1 saturated heterocycles. The predicted molar refractivity (Wildman–Crippen MR) is 73.5 cm³/mol. The van der Waals surface area contributed by atoms with E-state index in [1.165, 1.54) is 10.9 Å². The zero-order valence-electron chi connectivity index (χ0n) is 11.9. The Kier molecular flexibility index (Phi) is 4.79. The van der Waals surface area contributed by atoms with Gasteiger partial charge >= 0.3 is 12.0 Å². The highest BCUT2D eigenvalue weighted by molar-refractivity contribution is 5.83. The van der Waals surface area contributed by atoms with Gasteiger partial charge in [-0.2, -0.15) is 5.10 Å². The van der Waals surface area contributed by atoms with Crippen LogP contribution >= 0.6 is 0 Å². The molecule has 1 aromatic rings. The second-order valence-corrected chi connectivity index (χ2v) is 5.28. The summed E-state index contributed by atoms with van der Waals surface area (Å²) in [6.45, 7) is 1.23. The Morgan fingerprint density at radius 3 is 2.90 bits per heavy atom. The Morgan fingerprint density at radius 1 is 1.57 bits per heavy atom. The number of aromatic nitrogens is 2. The maximum atomic E-state index is 12.2. The lowest BCUT2D eigenvalue weighted by Gasteiger charge is -2.20. The van der Waals surface area contributed by atoms with Gasteiger partial charge in [0, 0.05) is 38.5 Å². The highest BCUT2D eigenvalue weighted by Gasteiger charge is 2.30. The smallest absolute Gasteiger partial charge is 0.331 e. The number of rotatable bonds is 5. The standard InChI is InChI=1S/C13H20N4O4/c1-16-8-10(6-14-16)11(12(19)20)15-13(21)17-4-2-9(7-17)3-5-18/h6,8-9,11,18H,2-5,7H2,1H3,(H,15,21)(H,19,20). The molecule has 0 spiro atoms. The molecule has 21 heavy (non-hydrogen) atoms. The zero-order valence-corrected chi connectivity index (χ0v) is 11.9. The van der Waals surface area contributed by atoms with Crippen molar-refractivity contribution in [2.45, 2.75) is 18.9 Å². The van der Waals surface area contributed by atoms with Gasteiger partial charge in [0.25, 0.3) is 0 Å². The zero-order chi connectivity index (χ0) is 15.4. The maximum Gasteiger partial charge on any atom is 0.331 e. The number of nitrogens with zero attached hydrogens (tertiary/aromatic N) is 3. The largest absolute Gasteiger partial charge is 0.479 e. The van der Waals surface area contributed by atoms with Gasteiger partial charge in [-0.1, -0.05) is 0 Å². The van der Waals surface area contributed by atoms with Crippen LogP contribution in [0.15, 0.2) is 12.4 Å². The molecule has 116 valence electrons. The van der Waals surface area contributed by atoms with Gasteiger partial charge in [0.1, 0.15) is 0 Å². The molecule has 8 nitrogen and oxygen atoms in total. The molecule has 0 saturated carbocycles. The summed E-state index contributed by atoms with van der Waals surface area (Å²) in [4.78, 5) is 25.1. The van der Waals surface area contributed by atoms with E-state index < -0.39 is 18.0 Å². The first-order valence-electron chi connectivity index (χ1n) is 6.89. The molecule has 1 aliphatic heterocycles. The van der Waals surface area contributed by atoms with E-state index in [9.17, 15) is 14.7 Å². The fourth-order valence-corrected chi connectivity index (χ4v) is 2.53. The van der Waals surface area contributed by atoms with E-state index in [0.717, 1.165) is 6.42 Å². The fraction of sp³-hybridized carbons (Fsp3) is 0.615. The Balaban J connectivity index is 1.98. The van der Waals surface area contributed by atoms with Gasteiger partial charge < -0.3 is 20.4 Å². The van der Waals surface area contributed by atoms with E-state index in [1.54, 1.807) is 18.1 Å². The van der Waals surface area contributed by atoms with Gasteiger partial charge in [-0.15, -0.1) is 0 Å². The van der Waals surface area contributed by atoms with Gasteiger partial charge in [0.15, 0.2) is 6.04 Å². The van der Waals surface area contributed by atoms with Crippen molar-refractivity contribution >= 4 is 12.0 Å². The number of carbonyl (C=O) groups excluding carboxylic acids is 1. The molecular formula is C13H20N4O4. The summed E-state index contributed by atoms with van der Waals surface area (Å²) in [5.74, 6) is -0.843. The van der Waals surface area contributed by atoms with Crippen molar-refractivity contribution < 1.29 is 19.8 Å². The third kappa shape index (κ3) is 3.72. The molecular weight excluding hydrogens is 276 g/mol. The van der Waals surface area contributed by atoms with Crippen molar-refractivity contribution in [1.82, 2.24) is 20.0 Å². The van der Waals surface area contributed by atoms with E-state index in [0.29, 0.717) is 25.1 Å². The number of nitrogens with one attached hydrogen (secondary N) is 1. The van der Waals surface area contributed by atoms with Crippen LogP contribution in [0.5, 0.6) is 0 Å². The molecule has 2 unspecified atom stereocenters. The molecule has 1 fully saturated rings. The van der Waals surface area contributed by atoms with E-state index in [4.69, 9.17) is 5.11 Å². The van der Waals surface area contributed by atoms with Gasteiger partial charge in [-0.3, -0.25) is 4.68 Å². The highest BCUT2D eigenvalue weighted by atomic mass is 16.4. The normalized spacial score (nSPS) is 19.5. The SMILES string of the molecule is Cn1cc(C(NC(=O)N2CCC(CCO)C2)C(=O)O)cn1. The van der Waals surface area contributed by atoms with Crippen molar-refractivity contribution in [2.75, 3.05) is 19.7 Å². The number of aliphatic carboxylic acids is 1. The summed E-state index contributed by atoms with van der Waals surface area (Å²) in [7, 11) is 1.68. The first kappa shape index (κ1) is 15.3. The molecule has 2 amide bonds. The molecule has 3 N–H and O–H groups in total. The topological polar surface area (TPSA) is 108 Å². The summed E-state index contributed by atoms with van der Waals surface area (Å²) in [5.41, 5.74) is 0.435.